The number of halogens is 1. The van der Waals surface area contributed by atoms with Crippen molar-refractivity contribution in [1.82, 2.24) is 9.62 Å². The first kappa shape index (κ1) is 22.9. The van der Waals surface area contributed by atoms with Gasteiger partial charge in [0.25, 0.3) is 0 Å². The second-order valence-electron chi connectivity index (χ2n) is 8.60. The van der Waals surface area contributed by atoms with E-state index < -0.39 is 26.6 Å². The van der Waals surface area contributed by atoms with Gasteiger partial charge in [-0.15, -0.1) is 0 Å². The minimum absolute atomic E-state index is 0.00592. The summed E-state index contributed by atoms with van der Waals surface area (Å²) in [7, 11) is -3.60. The van der Waals surface area contributed by atoms with Gasteiger partial charge in [0, 0.05) is 38.8 Å². The van der Waals surface area contributed by atoms with Crippen molar-refractivity contribution in [1.29, 1.82) is 0 Å². The van der Waals surface area contributed by atoms with Crippen LogP contribution < -0.4 is 5.32 Å². The minimum Gasteiger partial charge on any atom is -0.381 e. The fraction of sp³-hybridized carbons (Fsp3) is 0.458. The molecule has 0 aromatic heterocycles. The molecule has 2 aromatic rings. The van der Waals surface area contributed by atoms with Gasteiger partial charge in [0.05, 0.1) is 5.54 Å². The van der Waals surface area contributed by atoms with Crippen LogP contribution in [0.2, 0.25) is 0 Å². The highest BCUT2D eigenvalue weighted by atomic mass is 32.2. The van der Waals surface area contributed by atoms with Gasteiger partial charge in [-0.25, -0.2) is 12.8 Å². The molecule has 2 fully saturated rings. The number of hydrogen-bond acceptors (Lipinski definition) is 4. The SMILES string of the molecule is CC(=O)NC1(c2ccc(CN3CCC[C@H](c4ccccc4)S3(=O)=O)c(F)c2)CCOCC1. The molecule has 2 saturated heterocycles. The zero-order valence-electron chi connectivity index (χ0n) is 18.2. The lowest BCUT2D eigenvalue weighted by Gasteiger charge is -2.38. The number of nitrogens with one attached hydrogen (secondary N) is 1. The van der Waals surface area contributed by atoms with Gasteiger partial charge in [0.15, 0.2) is 0 Å². The van der Waals surface area contributed by atoms with Gasteiger partial charge in [-0.1, -0.05) is 42.5 Å². The Morgan fingerprint density at radius 2 is 1.91 bits per heavy atom. The summed E-state index contributed by atoms with van der Waals surface area (Å²) >= 11 is 0. The van der Waals surface area contributed by atoms with E-state index in [0.717, 1.165) is 12.0 Å². The number of ether oxygens (including phenoxy) is 1. The summed E-state index contributed by atoms with van der Waals surface area (Å²) in [5.74, 6) is -0.640. The van der Waals surface area contributed by atoms with E-state index in [0.29, 0.717) is 50.1 Å². The number of amides is 1. The predicted octanol–water partition coefficient (Wildman–Crippen LogP) is 3.63. The van der Waals surface area contributed by atoms with Crippen molar-refractivity contribution in [2.45, 2.75) is 49.9 Å². The van der Waals surface area contributed by atoms with Crippen molar-refractivity contribution < 1.29 is 22.3 Å². The highest BCUT2D eigenvalue weighted by Gasteiger charge is 2.38. The van der Waals surface area contributed by atoms with Gasteiger partial charge < -0.3 is 10.1 Å². The number of hydrogen-bond donors (Lipinski definition) is 1. The number of carbonyl (C=O) groups excluding carboxylic acids is 1. The largest absolute Gasteiger partial charge is 0.381 e. The van der Waals surface area contributed by atoms with Crippen LogP contribution in [-0.2, 0) is 31.6 Å². The van der Waals surface area contributed by atoms with Gasteiger partial charge in [-0.2, -0.15) is 4.31 Å². The normalized spacial score (nSPS) is 22.9. The van der Waals surface area contributed by atoms with E-state index in [-0.39, 0.29) is 12.5 Å². The van der Waals surface area contributed by atoms with E-state index >= 15 is 4.39 Å². The fourth-order valence-electron chi connectivity index (χ4n) is 4.79. The monoisotopic (exact) mass is 460 g/mol. The molecule has 8 heteroatoms. The minimum atomic E-state index is -3.60. The molecule has 2 aliphatic rings. The van der Waals surface area contributed by atoms with Gasteiger partial charge in [-0.3, -0.25) is 4.79 Å². The first-order valence-corrected chi connectivity index (χ1v) is 12.5. The van der Waals surface area contributed by atoms with Crippen LogP contribution >= 0.6 is 0 Å². The molecule has 0 unspecified atom stereocenters. The van der Waals surface area contributed by atoms with Crippen LogP contribution in [0.4, 0.5) is 4.39 Å². The number of sulfonamides is 1. The zero-order valence-corrected chi connectivity index (χ0v) is 19.0. The Hall–Kier alpha value is -2.29. The maximum atomic E-state index is 15.2. The summed E-state index contributed by atoms with van der Waals surface area (Å²) in [6, 6.07) is 14.1. The molecule has 6 nitrogen and oxygen atoms in total. The van der Waals surface area contributed by atoms with E-state index in [4.69, 9.17) is 4.74 Å². The fourth-order valence-corrected chi connectivity index (χ4v) is 6.82. The van der Waals surface area contributed by atoms with Crippen LogP contribution in [0, 0.1) is 5.82 Å². The third kappa shape index (κ3) is 4.58. The highest BCUT2D eigenvalue weighted by Crippen LogP contribution is 2.36. The standard InChI is InChI=1S/C24H29FN2O4S/c1-18(28)26-24(11-14-31-15-12-24)21-10-9-20(22(25)16-21)17-27-13-5-8-23(32(27,29)30)19-6-3-2-4-7-19/h2-4,6-7,9-10,16,23H,5,8,11-15,17H2,1H3,(H,26,28)/t23-/m1/s1. The first-order valence-electron chi connectivity index (χ1n) is 11.0. The molecule has 32 heavy (non-hydrogen) atoms. The van der Waals surface area contributed by atoms with Crippen LogP contribution in [0.15, 0.2) is 48.5 Å². The van der Waals surface area contributed by atoms with E-state index in [1.165, 1.54) is 17.3 Å². The lowest BCUT2D eigenvalue weighted by molar-refractivity contribution is -0.122. The third-order valence-corrected chi connectivity index (χ3v) is 8.74. The van der Waals surface area contributed by atoms with E-state index in [1.54, 1.807) is 12.1 Å². The molecule has 0 spiro atoms. The lowest BCUT2D eigenvalue weighted by atomic mass is 9.82. The Labute approximate surface area is 188 Å². The van der Waals surface area contributed by atoms with Crippen molar-refractivity contribution in [3.63, 3.8) is 0 Å². The number of benzene rings is 2. The van der Waals surface area contributed by atoms with Crippen molar-refractivity contribution >= 4 is 15.9 Å². The van der Waals surface area contributed by atoms with Crippen LogP contribution in [0.25, 0.3) is 0 Å². The van der Waals surface area contributed by atoms with Crippen LogP contribution in [0.5, 0.6) is 0 Å². The van der Waals surface area contributed by atoms with Crippen LogP contribution in [-0.4, -0.2) is 38.4 Å². The molecule has 1 N–H and O–H groups in total. The molecule has 0 bridgehead atoms. The summed E-state index contributed by atoms with van der Waals surface area (Å²) < 4.78 is 48.5. The average Bonchev–Trinajstić information content (AvgIpc) is 2.77. The van der Waals surface area contributed by atoms with Gasteiger partial charge >= 0.3 is 0 Å². The third-order valence-electron chi connectivity index (χ3n) is 6.48. The summed E-state index contributed by atoms with van der Waals surface area (Å²) in [5.41, 5.74) is 1.11. The molecular weight excluding hydrogens is 431 g/mol. The number of nitrogens with zero attached hydrogens (tertiary/aromatic N) is 1. The lowest BCUT2D eigenvalue weighted by Crippen LogP contribution is -2.48. The van der Waals surface area contributed by atoms with Crippen molar-refractivity contribution in [3.8, 4) is 0 Å². The highest BCUT2D eigenvalue weighted by molar-refractivity contribution is 7.89. The molecule has 0 saturated carbocycles. The first-order chi connectivity index (χ1) is 15.3. The summed E-state index contributed by atoms with van der Waals surface area (Å²) in [6.45, 7) is 2.79. The van der Waals surface area contributed by atoms with Gasteiger partial charge in [0.2, 0.25) is 15.9 Å². The zero-order chi connectivity index (χ0) is 22.8. The second kappa shape index (κ2) is 9.29. The van der Waals surface area contributed by atoms with E-state index in [2.05, 4.69) is 5.32 Å². The van der Waals surface area contributed by atoms with E-state index in [1.807, 2.05) is 30.3 Å². The molecule has 0 aliphatic carbocycles. The Balaban J connectivity index is 1.58. The quantitative estimate of drug-likeness (QED) is 0.739. The summed E-state index contributed by atoms with van der Waals surface area (Å²) in [6.07, 6.45) is 2.41. The van der Waals surface area contributed by atoms with Crippen molar-refractivity contribution in [3.05, 3.63) is 71.0 Å². The van der Waals surface area contributed by atoms with E-state index in [9.17, 15) is 13.2 Å². The van der Waals surface area contributed by atoms with Crippen molar-refractivity contribution in [2.75, 3.05) is 19.8 Å². The molecule has 1 amide bonds. The molecule has 2 heterocycles. The Kier molecular flexibility index (Phi) is 6.65. The number of rotatable bonds is 5. The molecule has 2 aromatic carbocycles. The average molecular weight is 461 g/mol. The molecule has 0 radical (unpaired) electrons. The maximum absolute atomic E-state index is 15.2. The molecule has 172 valence electrons. The van der Waals surface area contributed by atoms with Gasteiger partial charge in [-0.05, 0) is 42.9 Å². The Morgan fingerprint density at radius 1 is 1.19 bits per heavy atom. The Morgan fingerprint density at radius 3 is 2.56 bits per heavy atom. The van der Waals surface area contributed by atoms with Crippen molar-refractivity contribution in [2.24, 2.45) is 0 Å². The molecule has 2 aliphatic heterocycles. The second-order valence-corrected chi connectivity index (χ2v) is 10.7. The topological polar surface area (TPSA) is 75.7 Å². The Bertz CT molecular complexity index is 1070. The smallest absolute Gasteiger partial charge is 0.221 e. The van der Waals surface area contributed by atoms with Crippen LogP contribution in [0.3, 0.4) is 0 Å². The predicted molar refractivity (Wildman–Crippen MR) is 120 cm³/mol. The van der Waals surface area contributed by atoms with Crippen LogP contribution in [0.1, 0.15) is 54.5 Å². The summed E-state index contributed by atoms with van der Waals surface area (Å²) in [5, 5.41) is 2.38. The maximum Gasteiger partial charge on any atom is 0.221 e. The summed E-state index contributed by atoms with van der Waals surface area (Å²) in [4.78, 5) is 11.8. The molecule has 1 atom stereocenters. The van der Waals surface area contributed by atoms with Gasteiger partial charge in [0.1, 0.15) is 11.1 Å². The molecular formula is C24H29FN2O4S. The molecule has 4 rings (SSSR count). The number of carbonyl (C=O) groups is 1.